The van der Waals surface area contributed by atoms with E-state index in [9.17, 15) is 23.4 Å². The van der Waals surface area contributed by atoms with Crippen molar-refractivity contribution < 1.29 is 23.4 Å². The number of halogens is 3. The van der Waals surface area contributed by atoms with Gasteiger partial charge in [0.05, 0.1) is 28.6 Å². The molecule has 5 rings (SSSR count). The molecule has 0 radical (unpaired) electrons. The standard InChI is InChI=1S/C27H34F3N5O2/c1-17-5-7-20(8-6-17)35-15-19-13-23(32-26(37)21-3-2-4-25(31-21)27(28,29)30)24(14-22(19)33-35)34-11-9-18(16-36)10-12-34/h2-4,13-15,17-18,20,26,32,36-37H,5-12,16H2,1H3/t17-,20-,26?. The van der Waals surface area contributed by atoms with Gasteiger partial charge in [-0.05, 0) is 74.6 Å². The van der Waals surface area contributed by atoms with E-state index in [1.54, 1.807) is 0 Å². The Labute approximate surface area is 214 Å². The third-order valence-corrected chi connectivity index (χ3v) is 7.85. The molecule has 0 bridgehead atoms. The number of pyridine rings is 1. The number of aliphatic hydroxyl groups is 2. The van der Waals surface area contributed by atoms with Gasteiger partial charge in [0.2, 0.25) is 0 Å². The molecule has 1 saturated heterocycles. The summed E-state index contributed by atoms with van der Waals surface area (Å²) in [6.07, 6.45) is 2.19. The topological polar surface area (TPSA) is 86.4 Å². The summed E-state index contributed by atoms with van der Waals surface area (Å²) >= 11 is 0. The largest absolute Gasteiger partial charge is 0.433 e. The second kappa shape index (κ2) is 10.5. The molecule has 2 aliphatic rings. The SMILES string of the molecule is C[C@H]1CC[C@H](n2cc3cc(NC(O)c4cccc(C(F)(F)F)n4)c(N4CCC(CO)CC4)cc3n2)CC1. The molecule has 0 amide bonds. The van der Waals surface area contributed by atoms with Crippen LogP contribution in [0.3, 0.4) is 0 Å². The predicted molar refractivity (Wildman–Crippen MR) is 136 cm³/mol. The first-order valence-corrected chi connectivity index (χ1v) is 13.1. The highest BCUT2D eigenvalue weighted by Crippen LogP contribution is 2.37. The van der Waals surface area contributed by atoms with Crippen molar-refractivity contribution in [2.24, 2.45) is 11.8 Å². The number of hydrogen-bond donors (Lipinski definition) is 3. The summed E-state index contributed by atoms with van der Waals surface area (Å²) < 4.78 is 41.6. The fourth-order valence-corrected chi connectivity index (χ4v) is 5.49. The normalized spacial score (nSPS) is 22.4. The average Bonchev–Trinajstić information content (AvgIpc) is 3.31. The summed E-state index contributed by atoms with van der Waals surface area (Å²) in [6.45, 7) is 3.89. The van der Waals surface area contributed by atoms with Gasteiger partial charge in [0.15, 0.2) is 6.23 Å². The maximum absolute atomic E-state index is 13.2. The minimum Gasteiger partial charge on any atom is -0.396 e. The maximum atomic E-state index is 13.2. The molecule has 3 heterocycles. The highest BCUT2D eigenvalue weighted by Gasteiger charge is 2.33. The quantitative estimate of drug-likeness (QED) is 0.374. The van der Waals surface area contributed by atoms with Crippen molar-refractivity contribution in [2.45, 2.75) is 63.9 Å². The van der Waals surface area contributed by atoms with Crippen LogP contribution >= 0.6 is 0 Å². The van der Waals surface area contributed by atoms with Crippen molar-refractivity contribution in [2.75, 3.05) is 29.9 Å². The van der Waals surface area contributed by atoms with E-state index in [-0.39, 0.29) is 18.2 Å². The van der Waals surface area contributed by atoms with Gasteiger partial charge < -0.3 is 20.4 Å². The molecule has 1 unspecified atom stereocenters. The van der Waals surface area contributed by atoms with E-state index in [1.807, 2.05) is 23.0 Å². The number of aliphatic hydroxyl groups excluding tert-OH is 2. The molecule has 0 spiro atoms. The molecule has 10 heteroatoms. The van der Waals surface area contributed by atoms with Gasteiger partial charge in [0.25, 0.3) is 0 Å². The summed E-state index contributed by atoms with van der Waals surface area (Å²) in [5, 5.41) is 29.2. The van der Waals surface area contributed by atoms with E-state index in [1.165, 1.54) is 25.0 Å². The molecule has 200 valence electrons. The second-order valence-corrected chi connectivity index (χ2v) is 10.6. The molecule has 3 aromatic rings. The smallest absolute Gasteiger partial charge is 0.396 e. The van der Waals surface area contributed by atoms with Crippen LogP contribution in [0.5, 0.6) is 0 Å². The molecule has 1 aliphatic heterocycles. The molecule has 2 fully saturated rings. The Kier molecular flexibility index (Phi) is 7.31. The Hall–Kier alpha value is -2.85. The molecule has 7 nitrogen and oxygen atoms in total. The number of piperidine rings is 1. The van der Waals surface area contributed by atoms with E-state index in [0.29, 0.717) is 11.7 Å². The van der Waals surface area contributed by atoms with Crippen LogP contribution in [0, 0.1) is 11.8 Å². The minimum atomic E-state index is -4.59. The van der Waals surface area contributed by atoms with Crippen LogP contribution in [0.4, 0.5) is 24.5 Å². The summed E-state index contributed by atoms with van der Waals surface area (Å²) in [5.41, 5.74) is 1.13. The van der Waals surface area contributed by atoms with Gasteiger partial charge in [-0.15, -0.1) is 0 Å². The second-order valence-electron chi connectivity index (χ2n) is 10.6. The van der Waals surface area contributed by atoms with E-state index >= 15 is 0 Å². The number of nitrogens with one attached hydrogen (secondary N) is 1. The average molecular weight is 518 g/mol. The van der Waals surface area contributed by atoms with Crippen molar-refractivity contribution in [3.05, 3.63) is 47.9 Å². The van der Waals surface area contributed by atoms with Gasteiger partial charge >= 0.3 is 6.18 Å². The maximum Gasteiger partial charge on any atom is 0.433 e. The Balaban J connectivity index is 1.47. The third-order valence-electron chi connectivity index (χ3n) is 7.85. The number of alkyl halides is 3. The third kappa shape index (κ3) is 5.70. The lowest BCUT2D eigenvalue weighted by molar-refractivity contribution is -0.141. The monoisotopic (exact) mass is 517 g/mol. The Morgan fingerprint density at radius 3 is 2.49 bits per heavy atom. The van der Waals surface area contributed by atoms with Crippen molar-refractivity contribution in [1.29, 1.82) is 0 Å². The number of fused-ring (bicyclic) bond motifs is 1. The highest BCUT2D eigenvalue weighted by atomic mass is 19.4. The zero-order valence-electron chi connectivity index (χ0n) is 21.0. The molecule has 1 aromatic carbocycles. The number of benzene rings is 1. The lowest BCUT2D eigenvalue weighted by Crippen LogP contribution is -2.35. The van der Waals surface area contributed by atoms with Gasteiger partial charge in [-0.1, -0.05) is 13.0 Å². The zero-order valence-corrected chi connectivity index (χ0v) is 21.0. The van der Waals surface area contributed by atoms with Crippen molar-refractivity contribution in [3.8, 4) is 0 Å². The number of anilines is 2. The summed E-state index contributed by atoms with van der Waals surface area (Å²) in [6, 6.07) is 7.76. The molecule has 37 heavy (non-hydrogen) atoms. The van der Waals surface area contributed by atoms with Crippen LogP contribution in [0.15, 0.2) is 36.5 Å². The van der Waals surface area contributed by atoms with Crippen molar-refractivity contribution >= 4 is 22.3 Å². The molecular formula is C27H34F3N5O2. The molecule has 1 atom stereocenters. The van der Waals surface area contributed by atoms with Gasteiger partial charge in [-0.25, -0.2) is 4.98 Å². The summed E-state index contributed by atoms with van der Waals surface area (Å²) in [7, 11) is 0. The van der Waals surface area contributed by atoms with E-state index < -0.39 is 18.1 Å². The highest BCUT2D eigenvalue weighted by molar-refractivity contribution is 5.90. The Bertz CT molecular complexity index is 1210. The molecule has 1 aliphatic carbocycles. The fraction of sp³-hybridized carbons (Fsp3) is 0.556. The van der Waals surface area contributed by atoms with E-state index in [2.05, 4.69) is 22.1 Å². The first-order chi connectivity index (χ1) is 17.7. The van der Waals surface area contributed by atoms with Crippen molar-refractivity contribution in [3.63, 3.8) is 0 Å². The van der Waals surface area contributed by atoms with Gasteiger partial charge in [-0.3, -0.25) is 4.68 Å². The summed E-state index contributed by atoms with van der Waals surface area (Å²) in [5.74, 6) is 0.987. The first-order valence-electron chi connectivity index (χ1n) is 13.1. The van der Waals surface area contributed by atoms with Crippen LogP contribution < -0.4 is 10.2 Å². The lowest BCUT2D eigenvalue weighted by atomic mass is 9.87. The van der Waals surface area contributed by atoms with E-state index in [0.717, 1.165) is 67.3 Å². The number of nitrogens with zero attached hydrogens (tertiary/aromatic N) is 4. The molecular weight excluding hydrogens is 483 g/mol. The molecule has 2 aromatic heterocycles. The van der Waals surface area contributed by atoms with Crippen LogP contribution in [0.1, 0.15) is 69.1 Å². The van der Waals surface area contributed by atoms with Crippen LogP contribution in [-0.4, -0.2) is 44.7 Å². The van der Waals surface area contributed by atoms with Gasteiger partial charge in [0, 0.05) is 31.3 Å². The predicted octanol–water partition coefficient (Wildman–Crippen LogP) is 5.51. The van der Waals surface area contributed by atoms with Crippen LogP contribution in [-0.2, 0) is 6.18 Å². The number of hydrogen-bond acceptors (Lipinski definition) is 6. The Morgan fingerprint density at radius 2 is 1.81 bits per heavy atom. The van der Waals surface area contributed by atoms with Gasteiger partial charge in [-0.2, -0.15) is 18.3 Å². The number of aromatic nitrogens is 3. The van der Waals surface area contributed by atoms with Crippen LogP contribution in [0.2, 0.25) is 0 Å². The molecule has 3 N–H and O–H groups in total. The summed E-state index contributed by atoms with van der Waals surface area (Å²) in [4.78, 5) is 5.82. The lowest BCUT2D eigenvalue weighted by Gasteiger charge is -2.34. The fourth-order valence-electron chi connectivity index (χ4n) is 5.49. The zero-order chi connectivity index (χ0) is 26.2. The minimum absolute atomic E-state index is 0.105. The Morgan fingerprint density at radius 1 is 1.08 bits per heavy atom. The van der Waals surface area contributed by atoms with Crippen molar-refractivity contribution in [1.82, 2.24) is 14.8 Å². The van der Waals surface area contributed by atoms with Gasteiger partial charge in [0.1, 0.15) is 5.69 Å². The molecule has 1 saturated carbocycles. The van der Waals surface area contributed by atoms with Crippen LogP contribution in [0.25, 0.3) is 10.9 Å². The number of rotatable bonds is 6. The first kappa shape index (κ1) is 25.8. The van der Waals surface area contributed by atoms with E-state index in [4.69, 9.17) is 5.10 Å².